The van der Waals surface area contributed by atoms with E-state index < -0.39 is 6.10 Å². The van der Waals surface area contributed by atoms with Crippen molar-refractivity contribution in [2.45, 2.75) is 18.6 Å². The Kier molecular flexibility index (Phi) is 5.30. The fourth-order valence-corrected chi connectivity index (χ4v) is 3.64. The van der Waals surface area contributed by atoms with Crippen molar-refractivity contribution in [2.24, 2.45) is 0 Å². The van der Waals surface area contributed by atoms with Crippen LogP contribution in [0.5, 0.6) is 0 Å². The summed E-state index contributed by atoms with van der Waals surface area (Å²) in [7, 11) is 0. The van der Waals surface area contributed by atoms with Gasteiger partial charge in [-0.3, -0.25) is 9.59 Å². The lowest BCUT2D eigenvalue weighted by atomic mass is 10.1. The van der Waals surface area contributed by atoms with E-state index in [-0.39, 0.29) is 17.9 Å². The number of benzene rings is 1. The standard InChI is InChI=1S/C16H19Cl2N3O3/c17-11-5-10(6-12(18)7-11)15(23)20-1-3-21(4-2-20)16(24)14-8-13(22)9-19-14/h5-7,13-14,19,22H,1-4,8-9H2. The molecular formula is C16H19Cl2N3O3. The minimum Gasteiger partial charge on any atom is -0.392 e. The second kappa shape index (κ2) is 7.27. The van der Waals surface area contributed by atoms with Gasteiger partial charge in [-0.15, -0.1) is 0 Å². The second-order valence-corrected chi connectivity index (χ2v) is 7.00. The highest BCUT2D eigenvalue weighted by molar-refractivity contribution is 6.35. The van der Waals surface area contributed by atoms with Crippen LogP contribution in [0.4, 0.5) is 0 Å². The SMILES string of the molecule is O=C(c1cc(Cl)cc(Cl)c1)N1CCN(C(=O)C2CC(O)CN2)CC1. The third-order valence-electron chi connectivity index (χ3n) is 4.39. The Hall–Kier alpha value is -1.34. The van der Waals surface area contributed by atoms with Crippen molar-refractivity contribution in [1.29, 1.82) is 0 Å². The number of aliphatic hydroxyl groups is 1. The molecule has 2 heterocycles. The summed E-state index contributed by atoms with van der Waals surface area (Å²) in [4.78, 5) is 28.4. The van der Waals surface area contributed by atoms with Gasteiger partial charge in [-0.05, 0) is 24.6 Å². The highest BCUT2D eigenvalue weighted by Crippen LogP contribution is 2.21. The van der Waals surface area contributed by atoms with E-state index in [0.717, 1.165) is 0 Å². The summed E-state index contributed by atoms with van der Waals surface area (Å²) in [5, 5.41) is 13.4. The van der Waals surface area contributed by atoms with E-state index in [9.17, 15) is 14.7 Å². The number of hydrogen-bond acceptors (Lipinski definition) is 4. The van der Waals surface area contributed by atoms with E-state index in [4.69, 9.17) is 23.2 Å². The molecule has 6 nitrogen and oxygen atoms in total. The van der Waals surface area contributed by atoms with Crippen molar-refractivity contribution < 1.29 is 14.7 Å². The molecule has 2 unspecified atom stereocenters. The molecule has 0 aromatic heterocycles. The van der Waals surface area contributed by atoms with Crippen LogP contribution in [-0.2, 0) is 4.79 Å². The van der Waals surface area contributed by atoms with E-state index in [1.807, 2.05) is 0 Å². The summed E-state index contributed by atoms with van der Waals surface area (Å²) in [5.74, 6) is -0.148. The van der Waals surface area contributed by atoms with Gasteiger partial charge < -0.3 is 20.2 Å². The predicted molar refractivity (Wildman–Crippen MR) is 91.4 cm³/mol. The summed E-state index contributed by atoms with van der Waals surface area (Å²) in [6, 6.07) is 4.45. The number of piperazine rings is 1. The van der Waals surface area contributed by atoms with Crippen molar-refractivity contribution in [1.82, 2.24) is 15.1 Å². The topological polar surface area (TPSA) is 72.9 Å². The number of nitrogens with zero attached hydrogens (tertiary/aromatic N) is 2. The average Bonchev–Trinajstić information content (AvgIpc) is 2.99. The number of nitrogens with one attached hydrogen (secondary N) is 1. The van der Waals surface area contributed by atoms with Crippen LogP contribution in [0, 0.1) is 0 Å². The van der Waals surface area contributed by atoms with Gasteiger partial charge in [0.25, 0.3) is 5.91 Å². The van der Waals surface area contributed by atoms with Crippen LogP contribution in [0.15, 0.2) is 18.2 Å². The zero-order chi connectivity index (χ0) is 17.3. The van der Waals surface area contributed by atoms with Gasteiger partial charge in [0.2, 0.25) is 5.91 Å². The largest absolute Gasteiger partial charge is 0.392 e. The number of carbonyl (C=O) groups excluding carboxylic acids is 2. The van der Waals surface area contributed by atoms with E-state index in [1.165, 1.54) is 0 Å². The smallest absolute Gasteiger partial charge is 0.254 e. The zero-order valence-electron chi connectivity index (χ0n) is 13.0. The van der Waals surface area contributed by atoms with Gasteiger partial charge in [-0.2, -0.15) is 0 Å². The van der Waals surface area contributed by atoms with Crippen LogP contribution in [0.3, 0.4) is 0 Å². The first-order chi connectivity index (χ1) is 11.4. The molecule has 2 N–H and O–H groups in total. The van der Waals surface area contributed by atoms with E-state index >= 15 is 0 Å². The number of carbonyl (C=O) groups is 2. The first-order valence-corrected chi connectivity index (χ1v) is 8.65. The van der Waals surface area contributed by atoms with Crippen molar-refractivity contribution in [3.8, 4) is 0 Å². The van der Waals surface area contributed by atoms with E-state index in [1.54, 1.807) is 28.0 Å². The summed E-state index contributed by atoms with van der Waals surface area (Å²) in [6.45, 7) is 2.33. The van der Waals surface area contributed by atoms with Gasteiger partial charge in [0.05, 0.1) is 12.1 Å². The number of hydrogen-bond donors (Lipinski definition) is 2. The number of β-amino-alcohol motifs (C(OH)–C–C–N with tert-alkyl or cyclic N) is 1. The molecule has 3 rings (SSSR count). The molecule has 2 amide bonds. The maximum absolute atomic E-state index is 12.5. The highest BCUT2D eigenvalue weighted by Gasteiger charge is 2.33. The van der Waals surface area contributed by atoms with Crippen LogP contribution in [0.1, 0.15) is 16.8 Å². The molecule has 2 atom stereocenters. The maximum Gasteiger partial charge on any atom is 0.254 e. The first kappa shape index (κ1) is 17.5. The lowest BCUT2D eigenvalue weighted by molar-refractivity contribution is -0.134. The lowest BCUT2D eigenvalue weighted by Gasteiger charge is -2.36. The molecule has 0 spiro atoms. The van der Waals surface area contributed by atoms with Crippen LogP contribution in [-0.4, -0.2) is 71.6 Å². The molecule has 0 bridgehead atoms. The molecule has 130 valence electrons. The molecular weight excluding hydrogens is 353 g/mol. The van der Waals surface area contributed by atoms with Crippen molar-refractivity contribution >= 4 is 35.0 Å². The molecule has 1 aromatic carbocycles. The van der Waals surface area contributed by atoms with Crippen molar-refractivity contribution in [2.75, 3.05) is 32.7 Å². The van der Waals surface area contributed by atoms with Gasteiger partial charge in [0, 0.05) is 48.3 Å². The Balaban J connectivity index is 1.58. The van der Waals surface area contributed by atoms with Crippen LogP contribution in [0.2, 0.25) is 10.0 Å². The fourth-order valence-electron chi connectivity index (χ4n) is 3.12. The number of halogens is 2. The van der Waals surface area contributed by atoms with Crippen LogP contribution >= 0.6 is 23.2 Å². The van der Waals surface area contributed by atoms with Crippen molar-refractivity contribution in [3.63, 3.8) is 0 Å². The molecule has 2 fully saturated rings. The molecule has 0 aliphatic carbocycles. The first-order valence-electron chi connectivity index (χ1n) is 7.89. The molecule has 8 heteroatoms. The van der Waals surface area contributed by atoms with E-state index in [2.05, 4.69) is 5.32 Å². The van der Waals surface area contributed by atoms with Gasteiger partial charge in [-0.1, -0.05) is 23.2 Å². The quantitative estimate of drug-likeness (QED) is 0.813. The van der Waals surface area contributed by atoms with Crippen LogP contribution < -0.4 is 5.32 Å². The maximum atomic E-state index is 12.5. The molecule has 2 aliphatic heterocycles. The summed E-state index contributed by atoms with van der Waals surface area (Å²) >= 11 is 11.9. The number of rotatable bonds is 2. The van der Waals surface area contributed by atoms with Crippen molar-refractivity contribution in [3.05, 3.63) is 33.8 Å². The van der Waals surface area contributed by atoms with Gasteiger partial charge in [-0.25, -0.2) is 0 Å². The summed E-state index contributed by atoms with van der Waals surface area (Å²) < 4.78 is 0. The van der Waals surface area contributed by atoms with Crippen LogP contribution in [0.25, 0.3) is 0 Å². The van der Waals surface area contributed by atoms with Gasteiger partial charge >= 0.3 is 0 Å². The normalized spacial score (nSPS) is 24.3. The van der Waals surface area contributed by atoms with Gasteiger partial charge in [0.15, 0.2) is 0 Å². The molecule has 0 radical (unpaired) electrons. The molecule has 2 aliphatic rings. The van der Waals surface area contributed by atoms with Gasteiger partial charge in [0.1, 0.15) is 0 Å². The summed E-state index contributed by atoms with van der Waals surface area (Å²) in [6.07, 6.45) is -0.0201. The number of aliphatic hydroxyl groups excluding tert-OH is 1. The minimum absolute atomic E-state index is 0.00977. The molecule has 0 saturated carbocycles. The fraction of sp³-hybridized carbons (Fsp3) is 0.500. The number of amides is 2. The minimum atomic E-state index is -0.464. The predicted octanol–water partition coefficient (Wildman–Crippen LogP) is 1.00. The average molecular weight is 372 g/mol. The Morgan fingerprint density at radius 3 is 2.17 bits per heavy atom. The highest BCUT2D eigenvalue weighted by atomic mass is 35.5. The molecule has 1 aromatic rings. The summed E-state index contributed by atoms with van der Waals surface area (Å²) in [5.41, 5.74) is 0.452. The molecule has 2 saturated heterocycles. The third-order valence-corrected chi connectivity index (χ3v) is 4.83. The Bertz CT molecular complexity index is 627. The third kappa shape index (κ3) is 3.83. The lowest BCUT2D eigenvalue weighted by Crippen LogP contribution is -2.54. The zero-order valence-corrected chi connectivity index (χ0v) is 14.6. The second-order valence-electron chi connectivity index (χ2n) is 6.13. The monoisotopic (exact) mass is 371 g/mol. The Morgan fingerprint density at radius 1 is 1.04 bits per heavy atom. The Labute approximate surface area is 150 Å². The molecule has 24 heavy (non-hydrogen) atoms. The van der Waals surface area contributed by atoms with E-state index in [0.29, 0.717) is 54.8 Å². The Morgan fingerprint density at radius 2 is 1.62 bits per heavy atom.